The maximum Gasteiger partial charge on any atom is 0.238 e. The summed E-state index contributed by atoms with van der Waals surface area (Å²) in [5, 5.41) is 2.93. The molecule has 5 rings (SSSR count). The van der Waals surface area contributed by atoms with E-state index in [9.17, 15) is 13.2 Å². The molecular formula is C28H30N4O3S. The van der Waals surface area contributed by atoms with Crippen molar-refractivity contribution in [2.45, 2.75) is 31.7 Å². The van der Waals surface area contributed by atoms with Crippen molar-refractivity contribution in [3.63, 3.8) is 0 Å². The number of piperidine rings is 1. The van der Waals surface area contributed by atoms with Crippen molar-refractivity contribution in [3.8, 4) is 0 Å². The van der Waals surface area contributed by atoms with Crippen molar-refractivity contribution < 1.29 is 13.2 Å². The Balaban J connectivity index is 1.49. The van der Waals surface area contributed by atoms with Gasteiger partial charge in [0.2, 0.25) is 15.9 Å². The quantitative estimate of drug-likeness (QED) is 0.450. The van der Waals surface area contributed by atoms with Gasteiger partial charge in [-0.3, -0.25) is 19.4 Å². The molecule has 1 fully saturated rings. The molecule has 2 N–H and O–H groups in total. The average Bonchev–Trinajstić information content (AvgIpc) is 3.18. The van der Waals surface area contributed by atoms with Crippen LogP contribution in [0.2, 0.25) is 0 Å². The number of aliphatic imine (C=N–C) groups is 1. The Morgan fingerprint density at radius 2 is 1.72 bits per heavy atom. The molecule has 1 amide bonds. The fourth-order valence-corrected chi connectivity index (χ4v) is 5.46. The maximum atomic E-state index is 13.2. The zero-order valence-electron chi connectivity index (χ0n) is 20.3. The van der Waals surface area contributed by atoms with Gasteiger partial charge in [-0.1, -0.05) is 48.9 Å². The summed E-state index contributed by atoms with van der Waals surface area (Å²) in [6.07, 6.45) is 4.94. The number of carbonyl (C=O) groups excluding carboxylic acids is 1. The highest BCUT2D eigenvalue weighted by Crippen LogP contribution is 2.38. The van der Waals surface area contributed by atoms with Gasteiger partial charge in [0.15, 0.2) is 0 Å². The molecule has 7 nitrogen and oxygen atoms in total. The molecule has 1 unspecified atom stereocenters. The Kier molecular flexibility index (Phi) is 6.89. The lowest BCUT2D eigenvalue weighted by atomic mass is 9.90. The van der Waals surface area contributed by atoms with Gasteiger partial charge >= 0.3 is 0 Å². The summed E-state index contributed by atoms with van der Waals surface area (Å²) in [6.45, 7) is 3.22. The molecule has 1 saturated heterocycles. The number of fused-ring (bicyclic) bond motifs is 1. The van der Waals surface area contributed by atoms with Crippen molar-refractivity contribution in [3.05, 3.63) is 89.5 Å². The molecule has 0 spiro atoms. The second kappa shape index (κ2) is 10.2. The molecule has 2 aliphatic heterocycles. The molecule has 0 bridgehead atoms. The topological polar surface area (TPSA) is 90.9 Å². The van der Waals surface area contributed by atoms with Gasteiger partial charge in [0.25, 0.3) is 0 Å². The summed E-state index contributed by atoms with van der Waals surface area (Å²) in [4.78, 5) is 20.6. The predicted molar refractivity (Wildman–Crippen MR) is 144 cm³/mol. The van der Waals surface area contributed by atoms with E-state index in [2.05, 4.69) is 27.1 Å². The second-order valence-electron chi connectivity index (χ2n) is 9.46. The van der Waals surface area contributed by atoms with Gasteiger partial charge < -0.3 is 5.32 Å². The first kappa shape index (κ1) is 24.2. The number of anilines is 2. The van der Waals surface area contributed by atoms with Crippen LogP contribution < -0.4 is 10.0 Å². The molecular weight excluding hydrogens is 472 g/mol. The van der Waals surface area contributed by atoms with Crippen LogP contribution in [0.1, 0.15) is 41.9 Å². The lowest BCUT2D eigenvalue weighted by molar-refractivity contribution is -0.115. The molecule has 0 saturated carbocycles. The van der Waals surface area contributed by atoms with Gasteiger partial charge in [-0.25, -0.2) is 8.42 Å². The SMILES string of the molecule is CS(=O)(=O)Nc1ccc2c(c1)C(C(=Nc1ccc(CN3CCCCC3)cc1)c1ccccc1)C(=O)N2. The zero-order chi connectivity index (χ0) is 25.1. The van der Waals surface area contributed by atoms with E-state index in [4.69, 9.17) is 4.99 Å². The number of nitrogens with zero attached hydrogens (tertiary/aromatic N) is 2. The monoisotopic (exact) mass is 502 g/mol. The molecule has 36 heavy (non-hydrogen) atoms. The van der Waals surface area contributed by atoms with Crippen LogP contribution in [-0.2, 0) is 21.4 Å². The summed E-state index contributed by atoms with van der Waals surface area (Å²) in [5.41, 5.74) is 5.23. The van der Waals surface area contributed by atoms with Crippen LogP contribution in [0, 0.1) is 0 Å². The maximum absolute atomic E-state index is 13.2. The molecule has 0 aliphatic carbocycles. The smallest absolute Gasteiger partial charge is 0.238 e. The van der Waals surface area contributed by atoms with Crippen molar-refractivity contribution >= 4 is 38.7 Å². The van der Waals surface area contributed by atoms with Crippen LogP contribution >= 0.6 is 0 Å². The van der Waals surface area contributed by atoms with E-state index in [1.165, 1.54) is 24.8 Å². The predicted octanol–water partition coefficient (Wildman–Crippen LogP) is 4.90. The van der Waals surface area contributed by atoms with Gasteiger partial charge in [0, 0.05) is 17.9 Å². The molecule has 2 heterocycles. The number of benzene rings is 3. The molecule has 3 aromatic carbocycles. The van der Waals surface area contributed by atoms with Crippen LogP contribution in [0.5, 0.6) is 0 Å². The number of sulfonamides is 1. The normalized spacial score (nSPS) is 18.5. The summed E-state index contributed by atoms with van der Waals surface area (Å²) >= 11 is 0. The number of nitrogens with one attached hydrogen (secondary N) is 2. The number of carbonyl (C=O) groups is 1. The fourth-order valence-electron chi connectivity index (χ4n) is 4.91. The first-order valence-corrected chi connectivity index (χ1v) is 14.1. The van der Waals surface area contributed by atoms with Gasteiger partial charge in [0.05, 0.1) is 17.7 Å². The number of amides is 1. The van der Waals surface area contributed by atoms with Crippen LogP contribution in [0.25, 0.3) is 0 Å². The number of rotatable bonds is 7. The summed E-state index contributed by atoms with van der Waals surface area (Å²) < 4.78 is 26.1. The highest BCUT2D eigenvalue weighted by Gasteiger charge is 2.35. The van der Waals surface area contributed by atoms with Crippen molar-refractivity contribution in [2.24, 2.45) is 4.99 Å². The van der Waals surface area contributed by atoms with Crippen LogP contribution in [-0.4, -0.2) is 44.3 Å². The van der Waals surface area contributed by atoms with E-state index < -0.39 is 15.9 Å². The first-order valence-electron chi connectivity index (χ1n) is 12.2. The van der Waals surface area contributed by atoms with Gasteiger partial charge in [0.1, 0.15) is 5.92 Å². The Morgan fingerprint density at radius 3 is 2.42 bits per heavy atom. The minimum Gasteiger partial charge on any atom is -0.325 e. The lowest BCUT2D eigenvalue weighted by Crippen LogP contribution is -2.28. The Labute approximate surface area is 212 Å². The molecule has 186 valence electrons. The van der Waals surface area contributed by atoms with Crippen LogP contribution in [0.4, 0.5) is 17.1 Å². The van der Waals surface area contributed by atoms with E-state index in [0.717, 1.165) is 37.1 Å². The second-order valence-corrected chi connectivity index (χ2v) is 11.2. The average molecular weight is 503 g/mol. The highest BCUT2D eigenvalue weighted by atomic mass is 32.2. The number of hydrogen-bond donors (Lipinski definition) is 2. The Morgan fingerprint density at radius 1 is 1.00 bits per heavy atom. The zero-order valence-corrected chi connectivity index (χ0v) is 21.1. The standard InChI is InChI=1S/C28H30N4O3S/c1-36(34,35)31-23-14-15-25-24(18-23)26(28(33)30-25)27(21-8-4-2-5-9-21)29-22-12-10-20(11-13-22)19-32-16-6-3-7-17-32/h2,4-5,8-15,18,26,31H,3,6-7,16-17,19H2,1H3,(H,30,33). The summed E-state index contributed by atoms with van der Waals surface area (Å²) in [7, 11) is -3.45. The summed E-state index contributed by atoms with van der Waals surface area (Å²) in [5.74, 6) is -0.859. The third kappa shape index (κ3) is 5.66. The van der Waals surface area contributed by atoms with Crippen LogP contribution in [0.3, 0.4) is 0 Å². The van der Waals surface area contributed by atoms with E-state index in [0.29, 0.717) is 22.6 Å². The lowest BCUT2D eigenvalue weighted by Gasteiger charge is -2.26. The molecule has 0 aromatic heterocycles. The Bertz CT molecular complexity index is 1380. The van der Waals surface area contributed by atoms with E-state index in [-0.39, 0.29) is 5.91 Å². The van der Waals surface area contributed by atoms with E-state index in [1.807, 2.05) is 42.5 Å². The summed E-state index contributed by atoms with van der Waals surface area (Å²) in [6, 6.07) is 22.9. The van der Waals surface area contributed by atoms with Crippen LogP contribution in [0.15, 0.2) is 77.8 Å². The number of hydrogen-bond acceptors (Lipinski definition) is 5. The van der Waals surface area contributed by atoms with E-state index >= 15 is 0 Å². The molecule has 8 heteroatoms. The van der Waals surface area contributed by atoms with Crippen molar-refractivity contribution in [1.82, 2.24) is 4.90 Å². The molecule has 3 aromatic rings. The van der Waals surface area contributed by atoms with Crippen molar-refractivity contribution in [1.29, 1.82) is 0 Å². The largest absolute Gasteiger partial charge is 0.325 e. The number of likely N-dealkylation sites (tertiary alicyclic amines) is 1. The van der Waals surface area contributed by atoms with Gasteiger partial charge in [-0.05, 0) is 73.0 Å². The van der Waals surface area contributed by atoms with Gasteiger partial charge in [-0.2, -0.15) is 0 Å². The Hall–Kier alpha value is -3.49. The first-order chi connectivity index (χ1) is 17.4. The highest BCUT2D eigenvalue weighted by molar-refractivity contribution is 7.92. The molecule has 0 radical (unpaired) electrons. The minimum absolute atomic E-state index is 0.189. The molecule has 2 aliphatic rings. The molecule has 1 atom stereocenters. The third-order valence-corrected chi connectivity index (χ3v) is 7.18. The van der Waals surface area contributed by atoms with E-state index in [1.54, 1.807) is 18.2 Å². The van der Waals surface area contributed by atoms with Gasteiger partial charge in [-0.15, -0.1) is 0 Å². The minimum atomic E-state index is -3.45. The fraction of sp³-hybridized carbons (Fsp3) is 0.286. The van der Waals surface area contributed by atoms with Crippen molar-refractivity contribution in [2.75, 3.05) is 29.4 Å². The third-order valence-electron chi connectivity index (χ3n) is 6.57.